The van der Waals surface area contributed by atoms with E-state index in [1.165, 1.54) is 25.7 Å². The molecule has 0 bridgehead atoms. The number of rotatable bonds is 7. The van der Waals surface area contributed by atoms with Crippen molar-refractivity contribution in [1.82, 2.24) is 0 Å². The predicted molar refractivity (Wildman–Crippen MR) is 63.6 cm³/mol. The lowest BCUT2D eigenvalue weighted by Crippen LogP contribution is -2.07. The summed E-state index contributed by atoms with van der Waals surface area (Å²) in [6.45, 7) is 13.3. The van der Waals surface area contributed by atoms with Crippen molar-refractivity contribution < 1.29 is 4.74 Å². The van der Waals surface area contributed by atoms with Gasteiger partial charge in [-0.1, -0.05) is 34.6 Å². The van der Waals surface area contributed by atoms with Crippen molar-refractivity contribution in [2.75, 3.05) is 13.2 Å². The maximum Gasteiger partial charge on any atom is 0.0466 e. The van der Waals surface area contributed by atoms with E-state index in [9.17, 15) is 0 Å². The van der Waals surface area contributed by atoms with Crippen LogP contribution in [0.4, 0.5) is 0 Å². The molecule has 86 valence electrons. The van der Waals surface area contributed by atoms with Crippen LogP contribution >= 0.6 is 0 Å². The van der Waals surface area contributed by atoms with Crippen molar-refractivity contribution in [3.8, 4) is 0 Å². The quantitative estimate of drug-likeness (QED) is 0.558. The Bertz CT molecular complexity index is 122. The highest BCUT2D eigenvalue weighted by Gasteiger charge is 2.08. The second kappa shape index (κ2) is 7.28. The minimum absolute atomic E-state index is 0.460. The lowest BCUT2D eigenvalue weighted by atomic mass is 9.91. The van der Waals surface area contributed by atoms with E-state index in [0.29, 0.717) is 5.41 Å². The van der Waals surface area contributed by atoms with Crippen molar-refractivity contribution in [3.63, 3.8) is 0 Å². The molecule has 0 atom stereocenters. The van der Waals surface area contributed by atoms with Gasteiger partial charge in [-0.15, -0.1) is 0 Å². The largest absolute Gasteiger partial charge is 0.381 e. The molecular weight excluding hydrogens is 172 g/mol. The van der Waals surface area contributed by atoms with Crippen LogP contribution < -0.4 is 0 Å². The summed E-state index contributed by atoms with van der Waals surface area (Å²) in [6, 6.07) is 0. The maximum atomic E-state index is 5.58. The van der Waals surface area contributed by atoms with Crippen LogP contribution in [0.1, 0.15) is 60.3 Å². The van der Waals surface area contributed by atoms with E-state index in [1.807, 2.05) is 0 Å². The summed E-state index contributed by atoms with van der Waals surface area (Å²) in [4.78, 5) is 0. The van der Waals surface area contributed by atoms with Gasteiger partial charge in [-0.2, -0.15) is 0 Å². The lowest BCUT2D eigenvalue weighted by molar-refractivity contribution is 0.117. The van der Waals surface area contributed by atoms with Gasteiger partial charge in [0.15, 0.2) is 0 Å². The molecule has 0 aromatic carbocycles. The van der Waals surface area contributed by atoms with Gasteiger partial charge in [0.25, 0.3) is 0 Å². The summed E-state index contributed by atoms with van der Waals surface area (Å²) in [7, 11) is 0. The van der Waals surface area contributed by atoms with Gasteiger partial charge in [0.1, 0.15) is 0 Å². The Balaban J connectivity index is 3.07. The maximum absolute atomic E-state index is 5.58. The third-order valence-corrected chi connectivity index (χ3v) is 2.29. The van der Waals surface area contributed by atoms with Crippen LogP contribution in [0.25, 0.3) is 0 Å². The van der Waals surface area contributed by atoms with Crippen LogP contribution in [0.2, 0.25) is 0 Å². The van der Waals surface area contributed by atoms with E-state index in [2.05, 4.69) is 34.6 Å². The molecule has 0 aromatic rings. The Kier molecular flexibility index (Phi) is 7.26. The molecule has 0 saturated carbocycles. The van der Waals surface area contributed by atoms with Gasteiger partial charge in [-0.25, -0.2) is 0 Å². The fourth-order valence-electron chi connectivity index (χ4n) is 1.40. The van der Waals surface area contributed by atoms with E-state index in [1.54, 1.807) is 0 Å². The second-order valence-electron chi connectivity index (χ2n) is 5.81. The summed E-state index contributed by atoms with van der Waals surface area (Å²) in [5, 5.41) is 0. The number of hydrogen-bond acceptors (Lipinski definition) is 1. The molecular formula is C13H28O. The van der Waals surface area contributed by atoms with E-state index in [4.69, 9.17) is 4.74 Å². The molecule has 0 heterocycles. The van der Waals surface area contributed by atoms with Crippen LogP contribution in [-0.2, 0) is 4.74 Å². The normalized spacial score (nSPS) is 12.4. The summed E-state index contributed by atoms with van der Waals surface area (Å²) >= 11 is 0. The van der Waals surface area contributed by atoms with Gasteiger partial charge in [0.05, 0.1) is 0 Å². The molecule has 0 N–H and O–H groups in total. The van der Waals surface area contributed by atoms with Gasteiger partial charge in [-0.3, -0.25) is 0 Å². The van der Waals surface area contributed by atoms with Crippen LogP contribution in [0.15, 0.2) is 0 Å². The van der Waals surface area contributed by atoms with Crippen molar-refractivity contribution in [3.05, 3.63) is 0 Å². The van der Waals surface area contributed by atoms with Crippen LogP contribution in [0.3, 0.4) is 0 Å². The van der Waals surface area contributed by atoms with Crippen LogP contribution in [0, 0.1) is 11.3 Å². The molecule has 0 rings (SSSR count). The monoisotopic (exact) mass is 200 g/mol. The van der Waals surface area contributed by atoms with Crippen LogP contribution in [0.5, 0.6) is 0 Å². The number of ether oxygens (including phenoxy) is 1. The standard InChI is InChI=1S/C13H28O/c1-12(2)8-6-10-14-11-7-9-13(3,4)5/h12H,6-11H2,1-5H3. The topological polar surface area (TPSA) is 9.23 Å². The second-order valence-corrected chi connectivity index (χ2v) is 5.81. The molecule has 0 aliphatic heterocycles. The molecule has 0 aliphatic carbocycles. The Morgan fingerprint density at radius 2 is 1.57 bits per heavy atom. The molecule has 1 nitrogen and oxygen atoms in total. The van der Waals surface area contributed by atoms with Gasteiger partial charge in [-0.05, 0) is 37.0 Å². The lowest BCUT2D eigenvalue weighted by Gasteiger charge is -2.17. The molecule has 0 saturated heterocycles. The summed E-state index contributed by atoms with van der Waals surface area (Å²) < 4.78 is 5.58. The van der Waals surface area contributed by atoms with Gasteiger partial charge in [0, 0.05) is 13.2 Å². The molecule has 14 heavy (non-hydrogen) atoms. The van der Waals surface area contributed by atoms with E-state index in [-0.39, 0.29) is 0 Å². The molecule has 0 fully saturated rings. The van der Waals surface area contributed by atoms with Crippen molar-refractivity contribution in [1.29, 1.82) is 0 Å². The third-order valence-electron chi connectivity index (χ3n) is 2.29. The fraction of sp³-hybridized carbons (Fsp3) is 1.00. The minimum atomic E-state index is 0.460. The molecule has 0 amide bonds. The molecule has 1 heteroatoms. The van der Waals surface area contributed by atoms with Crippen molar-refractivity contribution in [2.45, 2.75) is 60.3 Å². The average molecular weight is 200 g/mol. The van der Waals surface area contributed by atoms with Crippen molar-refractivity contribution >= 4 is 0 Å². The molecule has 0 aliphatic rings. The summed E-state index contributed by atoms with van der Waals surface area (Å²) in [6.07, 6.45) is 4.97. The Morgan fingerprint density at radius 3 is 2.07 bits per heavy atom. The SMILES string of the molecule is CC(C)CCCOCCCC(C)(C)C. The minimum Gasteiger partial charge on any atom is -0.381 e. The van der Waals surface area contributed by atoms with Crippen molar-refractivity contribution in [2.24, 2.45) is 11.3 Å². The zero-order valence-corrected chi connectivity index (χ0v) is 10.7. The highest BCUT2D eigenvalue weighted by Crippen LogP contribution is 2.20. The van der Waals surface area contributed by atoms with Gasteiger partial charge in [0.2, 0.25) is 0 Å². The van der Waals surface area contributed by atoms with E-state index in [0.717, 1.165) is 19.1 Å². The molecule has 0 unspecified atom stereocenters. The Hall–Kier alpha value is -0.0400. The first-order valence-electron chi connectivity index (χ1n) is 5.99. The molecule has 0 spiro atoms. The van der Waals surface area contributed by atoms with Gasteiger partial charge >= 0.3 is 0 Å². The first kappa shape index (κ1) is 14.0. The number of hydrogen-bond donors (Lipinski definition) is 0. The Labute approximate surface area is 90.2 Å². The fourth-order valence-corrected chi connectivity index (χ4v) is 1.40. The molecule has 0 aromatic heterocycles. The smallest absolute Gasteiger partial charge is 0.0466 e. The van der Waals surface area contributed by atoms with Crippen LogP contribution in [-0.4, -0.2) is 13.2 Å². The molecule has 0 radical (unpaired) electrons. The zero-order chi connectivity index (χ0) is 11.0. The highest BCUT2D eigenvalue weighted by atomic mass is 16.5. The zero-order valence-electron chi connectivity index (χ0n) is 10.7. The first-order valence-corrected chi connectivity index (χ1v) is 5.99. The third kappa shape index (κ3) is 12.0. The highest BCUT2D eigenvalue weighted by molar-refractivity contribution is 4.60. The van der Waals surface area contributed by atoms with Gasteiger partial charge < -0.3 is 4.74 Å². The van der Waals surface area contributed by atoms with E-state index >= 15 is 0 Å². The summed E-state index contributed by atoms with van der Waals surface area (Å²) in [5.74, 6) is 0.813. The Morgan fingerprint density at radius 1 is 1.00 bits per heavy atom. The predicted octanol–water partition coefficient (Wildman–Crippen LogP) is 4.27. The summed E-state index contributed by atoms with van der Waals surface area (Å²) in [5.41, 5.74) is 0.460. The average Bonchev–Trinajstić information content (AvgIpc) is 2.00. The van der Waals surface area contributed by atoms with E-state index < -0.39 is 0 Å². The first-order chi connectivity index (χ1) is 6.42.